The van der Waals surface area contributed by atoms with Crippen molar-refractivity contribution in [2.24, 2.45) is 5.41 Å². The summed E-state index contributed by atoms with van der Waals surface area (Å²) in [5.41, 5.74) is 1.98. The fraction of sp³-hybridized carbons (Fsp3) is 0.542. The standard InChI is InChI=1S/C24H30N4O/c1-24-15-20-19(14-17-8-4-3-5-9-17)27(2)21(24)10-6-7-11-22(24)28(20)23(29)18-16-25-12-13-26-18/h3-5,8-9,12-13,16,19-22H,6-7,10-11,14-15H2,1-2H3/t19-,20+,21-,22+,24-/m1/s1. The third kappa shape index (κ3) is 2.98. The lowest BCUT2D eigenvalue weighted by atomic mass is 9.69. The Balaban J connectivity index is 1.56. The van der Waals surface area contributed by atoms with Gasteiger partial charge in [0, 0.05) is 42.0 Å². The quantitative estimate of drug-likeness (QED) is 0.804. The summed E-state index contributed by atoms with van der Waals surface area (Å²) in [5, 5.41) is 0. The first-order valence-electron chi connectivity index (χ1n) is 10.9. The Morgan fingerprint density at radius 3 is 2.62 bits per heavy atom. The maximum Gasteiger partial charge on any atom is 0.274 e. The molecule has 152 valence electrons. The molecule has 3 aliphatic rings. The summed E-state index contributed by atoms with van der Waals surface area (Å²) in [5.74, 6) is 0.0610. The van der Waals surface area contributed by atoms with Gasteiger partial charge in [0.2, 0.25) is 0 Å². The van der Waals surface area contributed by atoms with Gasteiger partial charge in [-0.15, -0.1) is 0 Å². The van der Waals surface area contributed by atoms with E-state index in [2.05, 4.69) is 64.1 Å². The summed E-state index contributed by atoms with van der Waals surface area (Å²) in [6.45, 7) is 2.43. The van der Waals surface area contributed by atoms with E-state index in [0.29, 0.717) is 17.8 Å². The number of hydrogen-bond donors (Lipinski definition) is 0. The Bertz CT molecular complexity index is 873. The van der Waals surface area contributed by atoms with Crippen molar-refractivity contribution in [3.63, 3.8) is 0 Å². The van der Waals surface area contributed by atoms with Crippen molar-refractivity contribution >= 4 is 5.91 Å². The van der Waals surface area contributed by atoms with Gasteiger partial charge in [0.25, 0.3) is 5.91 Å². The lowest BCUT2D eigenvalue weighted by Crippen LogP contribution is -2.58. The van der Waals surface area contributed by atoms with Crippen molar-refractivity contribution in [2.45, 2.75) is 69.6 Å². The van der Waals surface area contributed by atoms with Crippen molar-refractivity contribution in [2.75, 3.05) is 7.05 Å². The third-order valence-corrected chi connectivity index (χ3v) is 7.83. The van der Waals surface area contributed by atoms with E-state index in [1.807, 2.05) is 0 Å². The average molecular weight is 391 g/mol. The number of piperidine rings is 1. The highest BCUT2D eigenvalue weighted by Gasteiger charge is 2.62. The van der Waals surface area contributed by atoms with E-state index in [4.69, 9.17) is 0 Å². The Labute approximate surface area is 173 Å². The summed E-state index contributed by atoms with van der Waals surface area (Å²) in [6, 6.07) is 12.1. The van der Waals surface area contributed by atoms with Gasteiger partial charge in [-0.25, -0.2) is 4.98 Å². The van der Waals surface area contributed by atoms with Crippen LogP contribution in [0.4, 0.5) is 0 Å². The van der Waals surface area contributed by atoms with Crippen LogP contribution < -0.4 is 0 Å². The highest BCUT2D eigenvalue weighted by Crippen LogP contribution is 2.55. The first-order chi connectivity index (χ1) is 14.1. The number of benzene rings is 1. The number of hydrogen-bond acceptors (Lipinski definition) is 4. The fourth-order valence-corrected chi connectivity index (χ4v) is 6.53. The average Bonchev–Trinajstić information content (AvgIpc) is 2.89. The second-order valence-corrected chi connectivity index (χ2v) is 9.32. The monoisotopic (exact) mass is 390 g/mol. The molecule has 1 aromatic carbocycles. The van der Waals surface area contributed by atoms with Crippen LogP contribution in [-0.2, 0) is 6.42 Å². The van der Waals surface area contributed by atoms with Gasteiger partial charge in [-0.05, 0) is 38.3 Å². The van der Waals surface area contributed by atoms with Crippen LogP contribution in [0, 0.1) is 5.41 Å². The molecule has 2 saturated heterocycles. The van der Waals surface area contributed by atoms with E-state index in [1.165, 1.54) is 24.8 Å². The third-order valence-electron chi connectivity index (χ3n) is 7.83. The minimum atomic E-state index is 0.0610. The highest BCUT2D eigenvalue weighted by atomic mass is 16.2. The van der Waals surface area contributed by atoms with Gasteiger partial charge in [-0.2, -0.15) is 0 Å². The van der Waals surface area contributed by atoms with Crippen LogP contribution in [0.1, 0.15) is 55.1 Å². The Morgan fingerprint density at radius 2 is 1.90 bits per heavy atom. The molecule has 0 N–H and O–H groups in total. The lowest BCUT2D eigenvalue weighted by molar-refractivity contribution is 0.0155. The molecule has 5 heteroatoms. The first-order valence-corrected chi connectivity index (χ1v) is 10.9. The summed E-state index contributed by atoms with van der Waals surface area (Å²) < 4.78 is 0. The number of amides is 1. The van der Waals surface area contributed by atoms with Gasteiger partial charge in [0.05, 0.1) is 6.20 Å². The van der Waals surface area contributed by atoms with Gasteiger partial charge in [-0.3, -0.25) is 14.7 Å². The number of likely N-dealkylation sites (tertiary alicyclic amines) is 2. The van der Waals surface area contributed by atoms with Gasteiger partial charge < -0.3 is 4.90 Å². The van der Waals surface area contributed by atoms with Crippen molar-refractivity contribution in [3.8, 4) is 0 Å². The molecule has 3 fully saturated rings. The van der Waals surface area contributed by atoms with Crippen LogP contribution in [-0.4, -0.2) is 56.9 Å². The second kappa shape index (κ2) is 7.21. The van der Waals surface area contributed by atoms with E-state index in [-0.39, 0.29) is 23.4 Å². The van der Waals surface area contributed by atoms with E-state index in [0.717, 1.165) is 19.3 Å². The lowest BCUT2D eigenvalue weighted by Gasteiger charge is -2.49. The zero-order valence-corrected chi connectivity index (χ0v) is 17.4. The number of rotatable bonds is 3. The number of likely N-dealkylation sites (N-methyl/N-ethyl adjacent to an activating group) is 1. The van der Waals surface area contributed by atoms with Crippen LogP contribution >= 0.6 is 0 Å². The van der Waals surface area contributed by atoms with E-state index < -0.39 is 0 Å². The first kappa shape index (κ1) is 18.7. The maximum absolute atomic E-state index is 13.7. The summed E-state index contributed by atoms with van der Waals surface area (Å²) >= 11 is 0. The maximum atomic E-state index is 13.7. The molecular formula is C24H30N4O. The van der Waals surface area contributed by atoms with Crippen molar-refractivity contribution in [1.82, 2.24) is 19.8 Å². The van der Waals surface area contributed by atoms with Crippen molar-refractivity contribution < 1.29 is 4.79 Å². The minimum Gasteiger partial charge on any atom is -0.329 e. The van der Waals surface area contributed by atoms with Gasteiger partial charge in [-0.1, -0.05) is 50.1 Å². The van der Waals surface area contributed by atoms with Crippen LogP contribution in [0.3, 0.4) is 0 Å². The number of carbonyl (C=O) groups excluding carboxylic acids is 1. The van der Waals surface area contributed by atoms with Crippen LogP contribution in [0.25, 0.3) is 0 Å². The molecule has 29 heavy (non-hydrogen) atoms. The summed E-state index contributed by atoms with van der Waals surface area (Å²) in [6.07, 6.45) is 11.7. The molecule has 1 aliphatic carbocycles. The Kier molecular flexibility index (Phi) is 4.66. The molecule has 1 amide bonds. The Morgan fingerprint density at radius 1 is 1.14 bits per heavy atom. The topological polar surface area (TPSA) is 49.3 Å². The molecule has 5 nitrogen and oxygen atoms in total. The predicted octanol–water partition coefficient (Wildman–Crippen LogP) is 3.57. The largest absolute Gasteiger partial charge is 0.329 e. The van der Waals surface area contributed by atoms with E-state index in [1.54, 1.807) is 18.6 Å². The molecule has 0 radical (unpaired) electrons. The zero-order chi connectivity index (χ0) is 20.0. The van der Waals surface area contributed by atoms with E-state index >= 15 is 0 Å². The predicted molar refractivity (Wildman–Crippen MR) is 112 cm³/mol. The minimum absolute atomic E-state index is 0.0610. The Hall–Kier alpha value is -2.27. The van der Waals surface area contributed by atoms with Crippen LogP contribution in [0.2, 0.25) is 0 Å². The fourth-order valence-electron chi connectivity index (χ4n) is 6.53. The molecule has 5 rings (SSSR count). The van der Waals surface area contributed by atoms with Gasteiger partial charge in [0.1, 0.15) is 5.69 Å². The summed E-state index contributed by atoms with van der Waals surface area (Å²) in [4.78, 5) is 27.0. The molecule has 2 bridgehead atoms. The SMILES string of the molecule is CN1[C@H](Cc2ccccc2)[C@@H]2C[C@@]3(C)[C@H](CCCC[C@@H]13)N2C(=O)c1cnccn1. The van der Waals surface area contributed by atoms with Crippen LogP contribution in [0.15, 0.2) is 48.9 Å². The number of carbonyl (C=O) groups is 1. The molecule has 0 unspecified atom stereocenters. The number of aromatic nitrogens is 2. The number of fused-ring (bicyclic) bond motifs is 1. The molecule has 5 atom stereocenters. The normalized spacial score (nSPS) is 34.1. The molecule has 1 aromatic heterocycles. The van der Waals surface area contributed by atoms with Crippen LogP contribution in [0.5, 0.6) is 0 Å². The molecule has 1 saturated carbocycles. The molecular weight excluding hydrogens is 360 g/mol. The van der Waals surface area contributed by atoms with Crippen molar-refractivity contribution in [1.29, 1.82) is 0 Å². The van der Waals surface area contributed by atoms with Crippen molar-refractivity contribution in [3.05, 3.63) is 60.2 Å². The smallest absolute Gasteiger partial charge is 0.274 e. The molecule has 2 aromatic rings. The molecule has 3 heterocycles. The second-order valence-electron chi connectivity index (χ2n) is 9.32. The molecule has 2 aliphatic heterocycles. The van der Waals surface area contributed by atoms with Gasteiger partial charge in [0.15, 0.2) is 0 Å². The molecule has 0 spiro atoms. The zero-order valence-electron chi connectivity index (χ0n) is 17.4. The number of nitrogens with zero attached hydrogens (tertiary/aromatic N) is 4. The highest BCUT2D eigenvalue weighted by molar-refractivity contribution is 5.93. The van der Waals surface area contributed by atoms with Gasteiger partial charge >= 0.3 is 0 Å². The van der Waals surface area contributed by atoms with E-state index in [9.17, 15) is 4.79 Å². The summed E-state index contributed by atoms with van der Waals surface area (Å²) in [7, 11) is 2.29.